The van der Waals surface area contributed by atoms with Gasteiger partial charge in [0.05, 0.1) is 8.22 Å². The fourth-order valence-corrected chi connectivity index (χ4v) is 3.29. The predicted octanol–water partition coefficient (Wildman–Crippen LogP) is 5.47. The summed E-state index contributed by atoms with van der Waals surface area (Å²) in [6, 6.07) is -1.08. The molecular weight excluding hydrogens is 292 g/mol. The standard InChI is InChI=1S/C12H6BrClS/c13-10-6-7(14)5-9-8-3-1-2-4-11(8)15-12(9)10/h1-6H/i1D,2D,3D,4D,5D,6D. The number of halogens is 2. The van der Waals surface area contributed by atoms with Crippen LogP contribution >= 0.6 is 38.9 Å². The van der Waals surface area contributed by atoms with E-state index in [2.05, 4.69) is 15.9 Å². The molecule has 0 fully saturated rings. The second-order valence-corrected chi connectivity index (χ2v) is 5.08. The van der Waals surface area contributed by atoms with Crippen LogP contribution in [0.4, 0.5) is 0 Å². The van der Waals surface area contributed by atoms with Crippen LogP contribution in [0.15, 0.2) is 40.7 Å². The van der Waals surface area contributed by atoms with Crippen molar-refractivity contribution in [3.63, 3.8) is 0 Å². The third-order valence-corrected chi connectivity index (χ3v) is 4.16. The number of fused-ring (bicyclic) bond motifs is 3. The van der Waals surface area contributed by atoms with E-state index in [1.54, 1.807) is 0 Å². The summed E-state index contributed by atoms with van der Waals surface area (Å²) in [6.07, 6.45) is 0. The van der Waals surface area contributed by atoms with Crippen LogP contribution in [0.2, 0.25) is 5.02 Å². The van der Waals surface area contributed by atoms with E-state index in [1.165, 1.54) is 0 Å². The summed E-state index contributed by atoms with van der Waals surface area (Å²) < 4.78 is 48.8. The first kappa shape index (κ1) is 5.17. The molecule has 0 spiro atoms. The Balaban J connectivity index is 2.73. The summed E-state index contributed by atoms with van der Waals surface area (Å²) in [6.45, 7) is 0. The van der Waals surface area contributed by atoms with Crippen LogP contribution in [-0.2, 0) is 0 Å². The van der Waals surface area contributed by atoms with Gasteiger partial charge in [-0.3, -0.25) is 0 Å². The van der Waals surface area contributed by atoms with Crippen molar-refractivity contribution in [3.05, 3.63) is 45.7 Å². The fourth-order valence-electron chi connectivity index (χ4n) is 1.39. The van der Waals surface area contributed by atoms with E-state index in [1.807, 2.05) is 0 Å². The van der Waals surface area contributed by atoms with Gasteiger partial charge in [-0.2, -0.15) is 0 Å². The van der Waals surface area contributed by atoms with Gasteiger partial charge in [0.2, 0.25) is 0 Å². The van der Waals surface area contributed by atoms with Gasteiger partial charge in [0.15, 0.2) is 0 Å². The van der Waals surface area contributed by atoms with Gasteiger partial charge >= 0.3 is 0 Å². The first-order valence-corrected chi connectivity index (χ1v) is 6.02. The molecule has 0 unspecified atom stereocenters. The van der Waals surface area contributed by atoms with Gasteiger partial charge in [0.1, 0.15) is 0 Å². The molecule has 0 atom stereocenters. The van der Waals surface area contributed by atoms with Crippen LogP contribution in [0, 0.1) is 0 Å². The molecule has 0 nitrogen and oxygen atoms in total. The topological polar surface area (TPSA) is 0 Å². The molecule has 15 heavy (non-hydrogen) atoms. The lowest BCUT2D eigenvalue weighted by atomic mass is 10.1. The van der Waals surface area contributed by atoms with E-state index < -0.39 is 0 Å². The Morgan fingerprint density at radius 2 is 2.00 bits per heavy atom. The SMILES string of the molecule is [2H]c1c([2H])c([2H])c2c(sc3c(Br)c([2H])c(Cl)c([2H])c32)c1[2H]. The minimum absolute atomic E-state index is 0.0176. The van der Waals surface area contributed by atoms with Gasteiger partial charge in [0, 0.05) is 29.7 Å². The maximum absolute atomic E-state index is 8.10. The van der Waals surface area contributed by atoms with E-state index in [9.17, 15) is 0 Å². The number of thiophene rings is 1. The molecule has 0 radical (unpaired) electrons. The lowest BCUT2D eigenvalue weighted by Gasteiger charge is -1.95. The lowest BCUT2D eigenvalue weighted by molar-refractivity contribution is 1.79. The van der Waals surface area contributed by atoms with E-state index in [0.717, 1.165) is 11.3 Å². The van der Waals surface area contributed by atoms with Crippen molar-refractivity contribution in [1.29, 1.82) is 0 Å². The van der Waals surface area contributed by atoms with Gasteiger partial charge < -0.3 is 0 Å². The summed E-state index contributed by atoms with van der Waals surface area (Å²) in [4.78, 5) is 0. The average Bonchev–Trinajstić information content (AvgIpc) is 2.87. The Labute approximate surface area is 113 Å². The molecule has 0 saturated heterocycles. The molecule has 0 N–H and O–H groups in total. The number of hydrogen-bond donors (Lipinski definition) is 0. The third kappa shape index (κ3) is 1.48. The smallest absolute Gasteiger partial charge is 0.0651 e. The van der Waals surface area contributed by atoms with Gasteiger partial charge in [-0.1, -0.05) is 29.7 Å². The normalized spacial score (nSPS) is 16.9. The van der Waals surface area contributed by atoms with Crippen LogP contribution in [0.1, 0.15) is 8.22 Å². The van der Waals surface area contributed by atoms with Crippen LogP contribution in [0.3, 0.4) is 0 Å². The zero-order valence-electron chi connectivity index (χ0n) is 13.2. The lowest BCUT2D eigenvalue weighted by Crippen LogP contribution is -1.69. The minimum atomic E-state index is -0.339. The zero-order chi connectivity index (χ0) is 15.6. The van der Waals surface area contributed by atoms with Crippen LogP contribution < -0.4 is 0 Å². The molecule has 1 heterocycles. The molecule has 3 heteroatoms. The van der Waals surface area contributed by atoms with Crippen molar-refractivity contribution >= 4 is 59.0 Å². The van der Waals surface area contributed by atoms with Gasteiger partial charge in [0.25, 0.3) is 0 Å². The van der Waals surface area contributed by atoms with Crippen molar-refractivity contribution in [2.24, 2.45) is 0 Å². The van der Waals surface area contributed by atoms with Crippen molar-refractivity contribution in [1.82, 2.24) is 0 Å². The summed E-state index contributed by atoms with van der Waals surface area (Å²) in [5.74, 6) is 0. The molecule has 3 rings (SSSR count). The van der Waals surface area contributed by atoms with Crippen molar-refractivity contribution in [2.75, 3.05) is 0 Å². The second kappa shape index (κ2) is 3.48. The maximum atomic E-state index is 8.10. The van der Waals surface area contributed by atoms with Crippen LogP contribution in [0.5, 0.6) is 0 Å². The molecule has 0 aliphatic heterocycles. The highest BCUT2D eigenvalue weighted by Gasteiger charge is 2.07. The molecule has 0 bridgehead atoms. The highest BCUT2D eigenvalue weighted by molar-refractivity contribution is 9.10. The molecule has 2 aromatic carbocycles. The molecule has 0 saturated carbocycles. The number of rotatable bonds is 0. The summed E-state index contributed by atoms with van der Waals surface area (Å²) in [7, 11) is 0. The first-order valence-electron chi connectivity index (χ1n) is 7.04. The molecule has 1 aromatic heterocycles. The van der Waals surface area contributed by atoms with Crippen molar-refractivity contribution in [3.8, 4) is 0 Å². The van der Waals surface area contributed by atoms with Gasteiger partial charge in [-0.15, -0.1) is 11.3 Å². The highest BCUT2D eigenvalue weighted by atomic mass is 79.9. The first-order chi connectivity index (χ1) is 9.77. The monoisotopic (exact) mass is 302 g/mol. The summed E-state index contributed by atoms with van der Waals surface area (Å²) >= 11 is 10.4. The van der Waals surface area contributed by atoms with Crippen molar-refractivity contribution < 1.29 is 8.22 Å². The average molecular weight is 304 g/mol. The fraction of sp³-hybridized carbons (Fsp3) is 0. The summed E-state index contributed by atoms with van der Waals surface area (Å²) in [5.41, 5.74) is 0. The largest absolute Gasteiger partial charge is 0.134 e. The van der Waals surface area contributed by atoms with E-state index in [4.69, 9.17) is 19.8 Å². The summed E-state index contributed by atoms with van der Waals surface area (Å²) in [5, 5.41) is 0.602. The minimum Gasteiger partial charge on any atom is -0.134 e. The Bertz CT molecular complexity index is 861. The van der Waals surface area contributed by atoms with E-state index in [0.29, 0.717) is 19.3 Å². The Hall–Kier alpha value is -0.570. The Kier molecular flexibility index (Phi) is 1.20. The molecule has 0 aliphatic rings. The molecule has 3 aromatic rings. The predicted molar refractivity (Wildman–Crippen MR) is 72.0 cm³/mol. The van der Waals surface area contributed by atoms with E-state index >= 15 is 0 Å². The molecular formula is C12H6BrClS. The number of hydrogen-bond acceptors (Lipinski definition) is 1. The number of benzene rings is 2. The quantitative estimate of drug-likeness (QED) is 0.516. The molecule has 0 amide bonds. The third-order valence-electron chi connectivity index (χ3n) is 1.99. The van der Waals surface area contributed by atoms with E-state index in [-0.39, 0.29) is 46.7 Å². The second-order valence-electron chi connectivity index (χ2n) is 2.89. The van der Waals surface area contributed by atoms with Gasteiger partial charge in [-0.05, 0) is 34.1 Å². The van der Waals surface area contributed by atoms with Gasteiger partial charge in [-0.25, -0.2) is 0 Å². The van der Waals surface area contributed by atoms with Crippen LogP contribution in [-0.4, -0.2) is 0 Å². The Morgan fingerprint density at radius 1 is 1.20 bits per heavy atom. The zero-order valence-corrected chi connectivity index (χ0v) is 10.3. The molecule has 0 aliphatic carbocycles. The molecule has 74 valence electrons. The maximum Gasteiger partial charge on any atom is 0.0651 e. The van der Waals surface area contributed by atoms with Crippen LogP contribution in [0.25, 0.3) is 20.2 Å². The van der Waals surface area contributed by atoms with Crippen molar-refractivity contribution in [2.45, 2.75) is 0 Å². The highest BCUT2D eigenvalue weighted by Crippen LogP contribution is 2.39. The Morgan fingerprint density at radius 3 is 2.87 bits per heavy atom.